The van der Waals surface area contributed by atoms with Crippen LogP contribution < -0.4 is 9.64 Å². The number of rotatable bonds is 6. The Labute approximate surface area is 191 Å². The fourth-order valence-electron chi connectivity index (χ4n) is 4.31. The maximum Gasteiger partial charge on any atom is 0.230 e. The lowest BCUT2D eigenvalue weighted by molar-refractivity contribution is 0.211. The Bertz CT molecular complexity index is 1180. The number of para-hydroxylation sites is 1. The largest absolute Gasteiger partial charge is 0.497 e. The van der Waals surface area contributed by atoms with Crippen LogP contribution in [-0.4, -0.2) is 57.9 Å². The number of aromatic nitrogens is 3. The van der Waals surface area contributed by atoms with Crippen molar-refractivity contribution < 1.29 is 9.84 Å². The van der Waals surface area contributed by atoms with Gasteiger partial charge >= 0.3 is 0 Å². The van der Waals surface area contributed by atoms with Crippen LogP contribution in [0.3, 0.4) is 0 Å². The number of fused-ring (bicyclic) bond motifs is 1. The molecule has 2 aromatic carbocycles. The third-order valence-electron chi connectivity index (χ3n) is 6.04. The van der Waals surface area contributed by atoms with Gasteiger partial charge in [-0.1, -0.05) is 48.6 Å². The van der Waals surface area contributed by atoms with E-state index in [4.69, 9.17) is 4.74 Å². The average molecular weight is 450 g/mol. The van der Waals surface area contributed by atoms with Crippen LogP contribution in [0.1, 0.15) is 29.2 Å². The van der Waals surface area contributed by atoms with Gasteiger partial charge in [0.25, 0.3) is 0 Å². The van der Waals surface area contributed by atoms with Crippen molar-refractivity contribution in [3.05, 3.63) is 70.9 Å². The summed E-state index contributed by atoms with van der Waals surface area (Å²) in [5, 5.41) is 15.6. The van der Waals surface area contributed by atoms with E-state index in [1.165, 1.54) is 17.0 Å². The van der Waals surface area contributed by atoms with E-state index in [2.05, 4.69) is 56.3 Å². The fraction of sp³-hybridized carbons (Fsp3) is 0.333. The molecular formula is C24H27N5O2S. The minimum Gasteiger partial charge on any atom is -0.497 e. The Kier molecular flexibility index (Phi) is 5.71. The molecule has 1 atom stereocenters. The molecule has 0 radical (unpaired) electrons. The average Bonchev–Trinajstić information content (AvgIpc) is 3.40. The van der Waals surface area contributed by atoms with Gasteiger partial charge in [0, 0.05) is 38.3 Å². The van der Waals surface area contributed by atoms with Gasteiger partial charge in [0.05, 0.1) is 18.0 Å². The second-order valence-corrected chi connectivity index (χ2v) is 8.91. The SMILES string of the molecule is CCc1nc2sc(C(c3ccc(OC)cc3)N3CCN(c4ccccc4)CC3)c(O)n2n1. The first-order valence-corrected chi connectivity index (χ1v) is 11.7. The quantitative estimate of drug-likeness (QED) is 0.480. The number of benzene rings is 2. The molecule has 0 spiro atoms. The maximum absolute atomic E-state index is 11.1. The van der Waals surface area contributed by atoms with Crippen LogP contribution in [0.15, 0.2) is 54.6 Å². The van der Waals surface area contributed by atoms with Gasteiger partial charge in [0.2, 0.25) is 10.8 Å². The smallest absolute Gasteiger partial charge is 0.230 e. The number of methoxy groups -OCH3 is 1. The maximum atomic E-state index is 11.1. The van der Waals surface area contributed by atoms with Crippen molar-refractivity contribution >= 4 is 22.0 Å². The zero-order valence-corrected chi connectivity index (χ0v) is 19.1. The minimum atomic E-state index is -0.0718. The van der Waals surface area contributed by atoms with Crippen molar-refractivity contribution in [2.45, 2.75) is 19.4 Å². The van der Waals surface area contributed by atoms with E-state index < -0.39 is 0 Å². The molecule has 0 amide bonds. The first-order valence-electron chi connectivity index (χ1n) is 10.9. The predicted molar refractivity (Wildman–Crippen MR) is 127 cm³/mol. The lowest BCUT2D eigenvalue weighted by atomic mass is 10.0. The van der Waals surface area contributed by atoms with Crippen molar-refractivity contribution in [1.82, 2.24) is 19.5 Å². The highest BCUT2D eigenvalue weighted by Gasteiger charge is 2.31. The molecule has 4 aromatic rings. The topological polar surface area (TPSA) is 66.1 Å². The van der Waals surface area contributed by atoms with Crippen LogP contribution in [0.25, 0.3) is 4.96 Å². The summed E-state index contributed by atoms with van der Waals surface area (Å²) in [7, 11) is 1.67. The van der Waals surface area contributed by atoms with Gasteiger partial charge in [-0.25, -0.2) is 4.98 Å². The zero-order valence-electron chi connectivity index (χ0n) is 18.3. The number of thiazole rings is 1. The number of anilines is 1. The number of piperazine rings is 1. The summed E-state index contributed by atoms with van der Waals surface area (Å²) in [6, 6.07) is 18.6. The normalized spacial score (nSPS) is 15.9. The molecule has 1 fully saturated rings. The van der Waals surface area contributed by atoms with Crippen LogP contribution in [0.5, 0.6) is 11.6 Å². The van der Waals surface area contributed by atoms with E-state index in [9.17, 15) is 5.11 Å². The van der Waals surface area contributed by atoms with Gasteiger partial charge in [0.15, 0.2) is 5.82 Å². The van der Waals surface area contributed by atoms with Gasteiger partial charge in [0.1, 0.15) is 5.75 Å². The third kappa shape index (κ3) is 3.80. The second kappa shape index (κ2) is 8.80. The molecule has 5 rings (SSSR count). The molecule has 0 saturated carbocycles. The minimum absolute atomic E-state index is 0.0718. The van der Waals surface area contributed by atoms with Crippen molar-refractivity contribution in [2.24, 2.45) is 0 Å². The molecule has 1 unspecified atom stereocenters. The van der Waals surface area contributed by atoms with E-state index >= 15 is 0 Å². The van der Waals surface area contributed by atoms with Gasteiger partial charge in [-0.05, 0) is 29.8 Å². The molecule has 1 aliphatic heterocycles. The monoisotopic (exact) mass is 449 g/mol. The second-order valence-electron chi connectivity index (χ2n) is 7.90. The number of aromatic hydroxyl groups is 1. The van der Waals surface area contributed by atoms with Crippen LogP contribution in [0, 0.1) is 0 Å². The Balaban J connectivity index is 1.48. The van der Waals surface area contributed by atoms with Gasteiger partial charge in [-0.15, -0.1) is 5.10 Å². The fourth-order valence-corrected chi connectivity index (χ4v) is 5.45. The van der Waals surface area contributed by atoms with Crippen LogP contribution in [-0.2, 0) is 6.42 Å². The Hall–Kier alpha value is -3.10. The first-order chi connectivity index (χ1) is 15.7. The highest BCUT2D eigenvalue weighted by atomic mass is 32.1. The summed E-state index contributed by atoms with van der Waals surface area (Å²) in [6.45, 7) is 5.65. The molecule has 2 aromatic heterocycles. The number of nitrogens with zero attached hydrogens (tertiary/aromatic N) is 5. The van der Waals surface area contributed by atoms with Crippen LogP contribution >= 0.6 is 11.3 Å². The number of ether oxygens (including phenoxy) is 1. The molecular weight excluding hydrogens is 422 g/mol. The summed E-state index contributed by atoms with van der Waals surface area (Å²) < 4.78 is 6.94. The van der Waals surface area contributed by atoms with Crippen LogP contribution in [0.2, 0.25) is 0 Å². The lowest BCUT2D eigenvalue weighted by Gasteiger charge is -2.40. The van der Waals surface area contributed by atoms with Crippen molar-refractivity contribution in [3.63, 3.8) is 0 Å². The van der Waals surface area contributed by atoms with Crippen LogP contribution in [0.4, 0.5) is 5.69 Å². The molecule has 1 N–H and O–H groups in total. The number of aryl methyl sites for hydroxylation is 1. The van der Waals surface area contributed by atoms with Gasteiger partial charge in [-0.3, -0.25) is 4.90 Å². The summed E-state index contributed by atoms with van der Waals surface area (Å²) >= 11 is 1.52. The van der Waals surface area contributed by atoms with Gasteiger partial charge in [-0.2, -0.15) is 4.52 Å². The van der Waals surface area contributed by atoms with Crippen molar-refractivity contribution in [3.8, 4) is 11.6 Å². The Morgan fingerprint density at radius 3 is 2.38 bits per heavy atom. The first kappa shape index (κ1) is 20.8. The Morgan fingerprint density at radius 2 is 1.75 bits per heavy atom. The summed E-state index contributed by atoms with van der Waals surface area (Å²) in [5.74, 6) is 1.75. The summed E-state index contributed by atoms with van der Waals surface area (Å²) in [6.07, 6.45) is 0.743. The highest BCUT2D eigenvalue weighted by molar-refractivity contribution is 7.17. The molecule has 8 heteroatoms. The van der Waals surface area contributed by atoms with Crippen molar-refractivity contribution in [2.75, 3.05) is 38.2 Å². The van der Waals surface area contributed by atoms with E-state index in [1.54, 1.807) is 11.6 Å². The Morgan fingerprint density at radius 1 is 1.03 bits per heavy atom. The van der Waals surface area contributed by atoms with Gasteiger partial charge < -0.3 is 14.7 Å². The molecule has 7 nitrogen and oxygen atoms in total. The molecule has 1 aliphatic rings. The summed E-state index contributed by atoms with van der Waals surface area (Å²) in [5.41, 5.74) is 2.37. The van der Waals surface area contributed by atoms with E-state index in [1.807, 2.05) is 25.1 Å². The van der Waals surface area contributed by atoms with E-state index in [-0.39, 0.29) is 11.9 Å². The zero-order chi connectivity index (χ0) is 22.1. The molecule has 0 aliphatic carbocycles. The molecule has 166 valence electrons. The lowest BCUT2D eigenvalue weighted by Crippen LogP contribution is -2.47. The standard InChI is InChI=1S/C24H27N5O2S/c1-3-20-25-24-29(26-20)23(30)22(32-24)21(17-9-11-19(31-2)12-10-17)28-15-13-27(14-16-28)18-7-5-4-6-8-18/h4-12,21,30H,3,13-16H2,1-2H3. The van der Waals surface area contributed by atoms with Crippen molar-refractivity contribution in [1.29, 1.82) is 0 Å². The molecule has 3 heterocycles. The summed E-state index contributed by atoms with van der Waals surface area (Å²) in [4.78, 5) is 11.0. The molecule has 0 bridgehead atoms. The number of hydrogen-bond acceptors (Lipinski definition) is 7. The van der Waals surface area contributed by atoms with E-state index in [0.717, 1.165) is 59.6 Å². The third-order valence-corrected chi connectivity index (χ3v) is 7.11. The molecule has 1 saturated heterocycles. The van der Waals surface area contributed by atoms with E-state index in [0.29, 0.717) is 0 Å². The molecule has 32 heavy (non-hydrogen) atoms. The predicted octanol–water partition coefficient (Wildman–Crippen LogP) is 3.98. The number of hydrogen-bond donors (Lipinski definition) is 1. The highest BCUT2D eigenvalue weighted by Crippen LogP contribution is 2.40.